The van der Waals surface area contributed by atoms with Gasteiger partial charge in [-0.25, -0.2) is 4.39 Å². The summed E-state index contributed by atoms with van der Waals surface area (Å²) >= 11 is 0. The summed E-state index contributed by atoms with van der Waals surface area (Å²) in [6, 6.07) is 10.9. The molecule has 18 heavy (non-hydrogen) atoms. The Bertz CT molecular complexity index is 607. The van der Waals surface area contributed by atoms with Crippen LogP contribution in [0.15, 0.2) is 36.4 Å². The third-order valence-electron chi connectivity index (χ3n) is 3.52. The summed E-state index contributed by atoms with van der Waals surface area (Å²) < 4.78 is 13.1. The van der Waals surface area contributed by atoms with E-state index in [-0.39, 0.29) is 5.82 Å². The minimum absolute atomic E-state index is 0.188. The van der Waals surface area contributed by atoms with Crippen molar-refractivity contribution in [2.45, 2.75) is 20.0 Å². The van der Waals surface area contributed by atoms with Crippen molar-refractivity contribution < 1.29 is 4.39 Å². The van der Waals surface area contributed by atoms with Crippen molar-refractivity contribution in [2.24, 2.45) is 0 Å². The van der Waals surface area contributed by atoms with Crippen molar-refractivity contribution in [3.63, 3.8) is 0 Å². The highest BCUT2D eigenvalue weighted by Crippen LogP contribution is 2.33. The van der Waals surface area contributed by atoms with E-state index in [1.807, 2.05) is 25.1 Å². The SMILES string of the molecule is Cc1cc(F)ccc1N1Cc2cccc(N)c2C1. The predicted octanol–water partition coefficient (Wildman–Crippen LogP) is 3.24. The summed E-state index contributed by atoms with van der Waals surface area (Å²) in [4.78, 5) is 2.23. The zero-order valence-corrected chi connectivity index (χ0v) is 10.3. The van der Waals surface area contributed by atoms with Gasteiger partial charge >= 0.3 is 0 Å². The highest BCUT2D eigenvalue weighted by atomic mass is 19.1. The average Bonchev–Trinajstić information content (AvgIpc) is 2.74. The molecule has 0 saturated carbocycles. The van der Waals surface area contributed by atoms with E-state index in [2.05, 4.69) is 11.0 Å². The van der Waals surface area contributed by atoms with Crippen LogP contribution in [0.2, 0.25) is 0 Å². The predicted molar refractivity (Wildman–Crippen MR) is 71.9 cm³/mol. The number of halogens is 1. The monoisotopic (exact) mass is 242 g/mol. The molecule has 0 aliphatic carbocycles. The molecule has 92 valence electrons. The second-order valence-electron chi connectivity index (χ2n) is 4.77. The lowest BCUT2D eigenvalue weighted by Crippen LogP contribution is -2.15. The number of aryl methyl sites for hydroxylation is 1. The first-order valence-corrected chi connectivity index (χ1v) is 6.02. The average molecular weight is 242 g/mol. The van der Waals surface area contributed by atoms with Crippen molar-refractivity contribution in [3.05, 3.63) is 58.9 Å². The molecule has 0 fully saturated rings. The van der Waals surface area contributed by atoms with Crippen LogP contribution in [0.1, 0.15) is 16.7 Å². The maximum atomic E-state index is 13.1. The van der Waals surface area contributed by atoms with E-state index in [1.54, 1.807) is 6.07 Å². The van der Waals surface area contributed by atoms with E-state index < -0.39 is 0 Å². The smallest absolute Gasteiger partial charge is 0.123 e. The standard InChI is InChI=1S/C15H15FN2/c1-10-7-12(16)5-6-15(10)18-8-11-3-2-4-14(17)13(11)9-18/h2-7H,8-9,17H2,1H3. The van der Waals surface area contributed by atoms with Crippen LogP contribution < -0.4 is 10.6 Å². The van der Waals surface area contributed by atoms with Crippen LogP contribution in [-0.2, 0) is 13.1 Å². The van der Waals surface area contributed by atoms with Crippen LogP contribution in [0, 0.1) is 12.7 Å². The zero-order chi connectivity index (χ0) is 12.7. The Labute approximate surface area is 106 Å². The molecule has 1 heterocycles. The Balaban J connectivity index is 1.96. The number of hydrogen-bond acceptors (Lipinski definition) is 2. The fourth-order valence-electron chi connectivity index (χ4n) is 2.59. The second-order valence-corrected chi connectivity index (χ2v) is 4.77. The first-order valence-electron chi connectivity index (χ1n) is 6.02. The van der Waals surface area contributed by atoms with Gasteiger partial charge in [-0.2, -0.15) is 0 Å². The first-order chi connectivity index (χ1) is 8.65. The van der Waals surface area contributed by atoms with Gasteiger partial charge in [-0.1, -0.05) is 12.1 Å². The number of rotatable bonds is 1. The van der Waals surface area contributed by atoms with Gasteiger partial charge in [0.25, 0.3) is 0 Å². The van der Waals surface area contributed by atoms with Crippen molar-refractivity contribution in [1.29, 1.82) is 0 Å². The molecule has 3 heteroatoms. The Morgan fingerprint density at radius 2 is 2.00 bits per heavy atom. The normalized spacial score (nSPS) is 13.8. The third kappa shape index (κ3) is 1.72. The van der Waals surface area contributed by atoms with E-state index in [4.69, 9.17) is 5.73 Å². The molecule has 2 aromatic carbocycles. The van der Waals surface area contributed by atoms with Crippen molar-refractivity contribution >= 4 is 11.4 Å². The van der Waals surface area contributed by atoms with E-state index in [9.17, 15) is 4.39 Å². The summed E-state index contributed by atoms with van der Waals surface area (Å²) in [5.41, 5.74) is 11.3. The Morgan fingerprint density at radius 3 is 2.72 bits per heavy atom. The molecule has 1 aliphatic rings. The van der Waals surface area contributed by atoms with Gasteiger partial charge in [-0.15, -0.1) is 0 Å². The van der Waals surface area contributed by atoms with Crippen LogP contribution in [0.3, 0.4) is 0 Å². The molecule has 0 bridgehead atoms. The fourth-order valence-corrected chi connectivity index (χ4v) is 2.59. The van der Waals surface area contributed by atoms with Gasteiger partial charge in [-0.3, -0.25) is 0 Å². The minimum Gasteiger partial charge on any atom is -0.398 e. The second kappa shape index (κ2) is 4.02. The van der Waals surface area contributed by atoms with Crippen LogP contribution in [0.4, 0.5) is 15.8 Å². The fraction of sp³-hybridized carbons (Fsp3) is 0.200. The van der Waals surface area contributed by atoms with Crippen LogP contribution in [-0.4, -0.2) is 0 Å². The molecule has 0 radical (unpaired) electrons. The minimum atomic E-state index is -0.188. The lowest BCUT2D eigenvalue weighted by Gasteiger charge is -2.20. The Hall–Kier alpha value is -2.03. The topological polar surface area (TPSA) is 29.3 Å². The number of hydrogen-bond donors (Lipinski definition) is 1. The summed E-state index contributed by atoms with van der Waals surface area (Å²) in [6.45, 7) is 3.58. The Morgan fingerprint density at radius 1 is 1.17 bits per heavy atom. The molecule has 2 nitrogen and oxygen atoms in total. The van der Waals surface area contributed by atoms with Gasteiger partial charge in [0, 0.05) is 24.5 Å². The molecule has 2 aromatic rings. The number of nitrogens with two attached hydrogens (primary N) is 1. The number of anilines is 2. The van der Waals surface area contributed by atoms with E-state index >= 15 is 0 Å². The van der Waals surface area contributed by atoms with Gasteiger partial charge in [0.1, 0.15) is 5.82 Å². The number of nitrogen functional groups attached to an aromatic ring is 1. The molecule has 0 saturated heterocycles. The molecule has 2 N–H and O–H groups in total. The lowest BCUT2D eigenvalue weighted by molar-refractivity contribution is 0.626. The van der Waals surface area contributed by atoms with E-state index in [0.29, 0.717) is 0 Å². The number of fused-ring (bicyclic) bond motifs is 1. The molecular formula is C15H15FN2. The van der Waals surface area contributed by atoms with Crippen LogP contribution in [0.5, 0.6) is 0 Å². The summed E-state index contributed by atoms with van der Waals surface area (Å²) in [5, 5.41) is 0. The first kappa shape index (κ1) is 11.1. The van der Waals surface area contributed by atoms with Gasteiger partial charge in [0.15, 0.2) is 0 Å². The van der Waals surface area contributed by atoms with Gasteiger partial charge in [0.05, 0.1) is 0 Å². The van der Waals surface area contributed by atoms with Gasteiger partial charge in [0.2, 0.25) is 0 Å². The molecular weight excluding hydrogens is 227 g/mol. The number of benzene rings is 2. The zero-order valence-electron chi connectivity index (χ0n) is 10.3. The van der Waals surface area contributed by atoms with Crippen molar-refractivity contribution in [3.8, 4) is 0 Å². The summed E-state index contributed by atoms with van der Waals surface area (Å²) in [6.07, 6.45) is 0. The highest BCUT2D eigenvalue weighted by Gasteiger charge is 2.21. The third-order valence-corrected chi connectivity index (χ3v) is 3.52. The molecule has 0 unspecified atom stereocenters. The summed E-state index contributed by atoms with van der Waals surface area (Å²) in [7, 11) is 0. The maximum absolute atomic E-state index is 13.1. The van der Waals surface area contributed by atoms with Crippen molar-refractivity contribution in [1.82, 2.24) is 0 Å². The molecule has 0 spiro atoms. The molecule has 0 atom stereocenters. The summed E-state index contributed by atoms with van der Waals surface area (Å²) in [5.74, 6) is -0.188. The number of nitrogens with zero attached hydrogens (tertiary/aromatic N) is 1. The maximum Gasteiger partial charge on any atom is 0.123 e. The van der Waals surface area contributed by atoms with Gasteiger partial charge < -0.3 is 10.6 Å². The van der Waals surface area contributed by atoms with E-state index in [0.717, 1.165) is 30.0 Å². The molecule has 3 rings (SSSR count). The largest absolute Gasteiger partial charge is 0.398 e. The van der Waals surface area contributed by atoms with Gasteiger partial charge in [-0.05, 0) is 47.9 Å². The van der Waals surface area contributed by atoms with Crippen LogP contribution >= 0.6 is 0 Å². The molecule has 0 aromatic heterocycles. The van der Waals surface area contributed by atoms with Crippen molar-refractivity contribution in [2.75, 3.05) is 10.6 Å². The van der Waals surface area contributed by atoms with Crippen LogP contribution in [0.25, 0.3) is 0 Å². The highest BCUT2D eigenvalue weighted by molar-refractivity contribution is 5.61. The molecule has 0 amide bonds. The quantitative estimate of drug-likeness (QED) is 0.778. The Kier molecular flexibility index (Phi) is 2.47. The molecule has 1 aliphatic heterocycles. The van der Waals surface area contributed by atoms with E-state index in [1.165, 1.54) is 17.2 Å². The lowest BCUT2D eigenvalue weighted by atomic mass is 10.1.